The van der Waals surface area contributed by atoms with Crippen molar-refractivity contribution in [2.75, 3.05) is 6.61 Å². The molecule has 0 saturated heterocycles. The van der Waals surface area contributed by atoms with E-state index in [1.54, 1.807) is 6.92 Å². The topological polar surface area (TPSA) is 35.5 Å². The summed E-state index contributed by atoms with van der Waals surface area (Å²) >= 11 is 0. The van der Waals surface area contributed by atoms with Gasteiger partial charge < -0.3 is 9.47 Å². The highest BCUT2D eigenvalue weighted by molar-refractivity contribution is 5.81. The number of carbonyl (C=O) groups excluding carboxylic acids is 1. The molecule has 1 atom stereocenters. The molecule has 1 unspecified atom stereocenters. The molecule has 0 aromatic rings. The van der Waals surface area contributed by atoms with Gasteiger partial charge in [0.2, 0.25) is 0 Å². The van der Waals surface area contributed by atoms with E-state index in [2.05, 4.69) is 6.58 Å². The Balaban J connectivity index is 3.52. The van der Waals surface area contributed by atoms with Crippen molar-refractivity contribution in [1.82, 2.24) is 0 Å². The molecule has 0 radical (unpaired) electrons. The zero-order chi connectivity index (χ0) is 9.56. The maximum absolute atomic E-state index is 10.7. The minimum atomic E-state index is -0.408. The molecule has 0 N–H and O–H groups in total. The summed E-state index contributed by atoms with van der Waals surface area (Å²) in [7, 11) is 0. The quantitative estimate of drug-likeness (QED) is 0.466. The predicted octanol–water partition coefficient (Wildman–Crippen LogP) is 1.53. The Kier molecular flexibility index (Phi) is 5.37. The average Bonchev–Trinajstić information content (AvgIpc) is 2.00. The van der Waals surface area contributed by atoms with Crippen LogP contribution in [-0.2, 0) is 14.3 Å². The number of ether oxygens (including phenoxy) is 2. The van der Waals surface area contributed by atoms with E-state index in [9.17, 15) is 4.79 Å². The van der Waals surface area contributed by atoms with Crippen molar-refractivity contribution in [2.45, 2.75) is 33.0 Å². The molecule has 0 aromatic carbocycles. The third kappa shape index (κ3) is 5.92. The Bertz CT molecular complexity index is 152. The first-order valence-electron chi connectivity index (χ1n) is 4.01. The summed E-state index contributed by atoms with van der Waals surface area (Å²) in [6, 6.07) is 0. The molecular formula is C9H16O3. The summed E-state index contributed by atoms with van der Waals surface area (Å²) in [6.07, 6.45) is 1.10. The maximum Gasteiger partial charge on any atom is 0.330 e. The number of esters is 1. The Morgan fingerprint density at radius 2 is 2.08 bits per heavy atom. The van der Waals surface area contributed by atoms with E-state index in [1.165, 1.54) is 0 Å². The normalized spacial score (nSPS) is 12.7. The van der Waals surface area contributed by atoms with Crippen molar-refractivity contribution in [3.05, 3.63) is 12.7 Å². The number of hydrogen-bond acceptors (Lipinski definition) is 3. The monoisotopic (exact) mass is 172 g/mol. The largest absolute Gasteiger partial charge is 0.457 e. The van der Waals surface area contributed by atoms with Crippen molar-refractivity contribution in [2.24, 2.45) is 0 Å². The summed E-state index contributed by atoms with van der Waals surface area (Å²) in [5.41, 5.74) is 0. The van der Waals surface area contributed by atoms with Crippen LogP contribution in [-0.4, -0.2) is 24.8 Å². The van der Waals surface area contributed by atoms with Gasteiger partial charge >= 0.3 is 5.97 Å². The van der Waals surface area contributed by atoms with Gasteiger partial charge in [0.25, 0.3) is 0 Å². The minimum Gasteiger partial charge on any atom is -0.457 e. The van der Waals surface area contributed by atoms with Gasteiger partial charge in [-0.3, -0.25) is 0 Å². The SMILES string of the molecule is C=CC(=O)OC(C)COC(C)C. The fourth-order valence-corrected chi connectivity index (χ4v) is 0.608. The summed E-state index contributed by atoms with van der Waals surface area (Å²) in [6.45, 7) is 9.37. The summed E-state index contributed by atoms with van der Waals surface area (Å²) in [4.78, 5) is 10.7. The molecule has 0 spiro atoms. The average molecular weight is 172 g/mol. The lowest BCUT2D eigenvalue weighted by Gasteiger charge is -2.13. The van der Waals surface area contributed by atoms with Gasteiger partial charge in [-0.05, 0) is 20.8 Å². The second-order valence-corrected chi connectivity index (χ2v) is 2.83. The molecule has 0 aromatic heterocycles. The van der Waals surface area contributed by atoms with Crippen LogP contribution in [0.15, 0.2) is 12.7 Å². The molecule has 0 rings (SSSR count). The highest BCUT2D eigenvalue weighted by atomic mass is 16.6. The molecule has 3 heteroatoms. The van der Waals surface area contributed by atoms with Crippen LogP contribution in [0.3, 0.4) is 0 Å². The van der Waals surface area contributed by atoms with E-state index in [0.717, 1.165) is 6.08 Å². The standard InChI is InChI=1S/C9H16O3/c1-5-9(10)12-8(4)6-11-7(2)3/h5,7-8H,1,6H2,2-4H3. The summed E-state index contributed by atoms with van der Waals surface area (Å²) in [5, 5.41) is 0. The second kappa shape index (κ2) is 5.77. The van der Waals surface area contributed by atoms with E-state index in [4.69, 9.17) is 9.47 Å². The zero-order valence-electron chi connectivity index (χ0n) is 7.87. The smallest absolute Gasteiger partial charge is 0.330 e. The molecule has 0 fully saturated rings. The lowest BCUT2D eigenvalue weighted by atomic mass is 10.4. The van der Waals surface area contributed by atoms with Crippen LogP contribution >= 0.6 is 0 Å². The van der Waals surface area contributed by atoms with E-state index >= 15 is 0 Å². The van der Waals surface area contributed by atoms with Crippen LogP contribution in [0.5, 0.6) is 0 Å². The molecule has 0 amide bonds. The Hall–Kier alpha value is -0.830. The van der Waals surface area contributed by atoms with Gasteiger partial charge in [0.1, 0.15) is 6.10 Å². The lowest BCUT2D eigenvalue weighted by Crippen LogP contribution is -2.21. The molecule has 0 aliphatic carbocycles. The highest BCUT2D eigenvalue weighted by Crippen LogP contribution is 1.96. The first-order valence-corrected chi connectivity index (χ1v) is 4.01. The van der Waals surface area contributed by atoms with Gasteiger partial charge in [-0.15, -0.1) is 0 Å². The van der Waals surface area contributed by atoms with E-state index < -0.39 is 5.97 Å². The van der Waals surface area contributed by atoms with Crippen LogP contribution < -0.4 is 0 Å². The van der Waals surface area contributed by atoms with Gasteiger partial charge in [-0.2, -0.15) is 0 Å². The third-order valence-corrected chi connectivity index (χ3v) is 1.15. The van der Waals surface area contributed by atoms with Gasteiger partial charge in [0, 0.05) is 6.08 Å². The van der Waals surface area contributed by atoms with Crippen LogP contribution in [0, 0.1) is 0 Å². The van der Waals surface area contributed by atoms with E-state index in [0.29, 0.717) is 6.61 Å². The van der Waals surface area contributed by atoms with Gasteiger partial charge in [0.05, 0.1) is 12.7 Å². The lowest BCUT2D eigenvalue weighted by molar-refractivity contribution is -0.145. The Morgan fingerprint density at radius 1 is 1.50 bits per heavy atom. The summed E-state index contributed by atoms with van der Waals surface area (Å²) < 4.78 is 10.1. The van der Waals surface area contributed by atoms with Crippen molar-refractivity contribution >= 4 is 5.97 Å². The van der Waals surface area contributed by atoms with Crippen molar-refractivity contribution in [1.29, 1.82) is 0 Å². The van der Waals surface area contributed by atoms with Crippen LogP contribution in [0.4, 0.5) is 0 Å². The Labute approximate surface area is 73.4 Å². The molecule has 0 saturated carbocycles. The van der Waals surface area contributed by atoms with Gasteiger partial charge in [0.15, 0.2) is 0 Å². The summed E-state index contributed by atoms with van der Waals surface area (Å²) in [5.74, 6) is -0.408. The fraction of sp³-hybridized carbons (Fsp3) is 0.667. The molecule has 0 aliphatic heterocycles. The van der Waals surface area contributed by atoms with Crippen molar-refractivity contribution in [3.8, 4) is 0 Å². The Morgan fingerprint density at radius 3 is 2.50 bits per heavy atom. The number of carbonyl (C=O) groups is 1. The predicted molar refractivity (Wildman–Crippen MR) is 46.8 cm³/mol. The van der Waals surface area contributed by atoms with Crippen LogP contribution in [0.2, 0.25) is 0 Å². The van der Waals surface area contributed by atoms with Crippen LogP contribution in [0.1, 0.15) is 20.8 Å². The van der Waals surface area contributed by atoms with Gasteiger partial charge in [-0.1, -0.05) is 6.58 Å². The third-order valence-electron chi connectivity index (χ3n) is 1.15. The molecule has 0 bridgehead atoms. The first-order chi connectivity index (χ1) is 5.56. The molecule has 70 valence electrons. The van der Waals surface area contributed by atoms with Crippen molar-refractivity contribution < 1.29 is 14.3 Å². The minimum absolute atomic E-state index is 0.162. The van der Waals surface area contributed by atoms with E-state index in [1.807, 2.05) is 13.8 Å². The van der Waals surface area contributed by atoms with Crippen molar-refractivity contribution in [3.63, 3.8) is 0 Å². The van der Waals surface area contributed by atoms with Gasteiger partial charge in [-0.25, -0.2) is 4.79 Å². The molecule has 0 aliphatic rings. The molecule has 12 heavy (non-hydrogen) atoms. The second-order valence-electron chi connectivity index (χ2n) is 2.83. The number of hydrogen-bond donors (Lipinski definition) is 0. The maximum atomic E-state index is 10.7. The highest BCUT2D eigenvalue weighted by Gasteiger charge is 2.06. The first kappa shape index (κ1) is 11.2. The molecule has 3 nitrogen and oxygen atoms in total. The molecule has 0 heterocycles. The van der Waals surface area contributed by atoms with Crippen LogP contribution in [0.25, 0.3) is 0 Å². The zero-order valence-corrected chi connectivity index (χ0v) is 7.87. The van der Waals surface area contributed by atoms with E-state index in [-0.39, 0.29) is 12.2 Å². The number of rotatable bonds is 5. The molecular weight excluding hydrogens is 156 g/mol. The fourth-order valence-electron chi connectivity index (χ4n) is 0.608.